The van der Waals surface area contributed by atoms with E-state index in [1.165, 1.54) is 38.5 Å². The zero-order valence-corrected chi connectivity index (χ0v) is 14.3. The molecule has 0 aromatic heterocycles. The average molecular weight is 361 g/mol. The van der Waals surface area contributed by atoms with Crippen molar-refractivity contribution in [2.45, 2.75) is 0 Å². The van der Waals surface area contributed by atoms with Crippen LogP contribution in [0.2, 0.25) is 0 Å². The van der Waals surface area contributed by atoms with Crippen molar-refractivity contribution in [1.29, 1.82) is 0 Å². The van der Waals surface area contributed by atoms with E-state index in [9.17, 15) is 14.9 Å². The number of anilines is 1. The van der Waals surface area contributed by atoms with Crippen molar-refractivity contribution >= 4 is 34.6 Å². The van der Waals surface area contributed by atoms with Gasteiger partial charge in [0.05, 0.1) is 19.1 Å². The lowest BCUT2D eigenvalue weighted by Crippen LogP contribution is -2.34. The van der Waals surface area contributed by atoms with Crippen molar-refractivity contribution in [3.8, 4) is 11.5 Å². The Bertz CT molecular complexity index is 825. The van der Waals surface area contributed by atoms with Crippen molar-refractivity contribution in [3.63, 3.8) is 0 Å². The van der Waals surface area contributed by atoms with E-state index >= 15 is 0 Å². The number of carbonyl (C=O) groups excluding carboxylic acids is 1. The Morgan fingerprint density at radius 2 is 1.84 bits per heavy atom. The summed E-state index contributed by atoms with van der Waals surface area (Å²) in [5.74, 6) is 0.452. The number of nitro groups is 1. The highest BCUT2D eigenvalue weighted by molar-refractivity contribution is 7.80. The lowest BCUT2D eigenvalue weighted by atomic mass is 10.2. The Balaban J connectivity index is 2.06. The number of ether oxygens (including phenoxy) is 2. The molecule has 2 rings (SSSR count). The first-order valence-electron chi connectivity index (χ1n) is 7.03. The maximum Gasteiger partial charge on any atom is 0.271 e. The van der Waals surface area contributed by atoms with Crippen LogP contribution in [0.1, 0.15) is 10.4 Å². The van der Waals surface area contributed by atoms with Gasteiger partial charge >= 0.3 is 0 Å². The Morgan fingerprint density at radius 3 is 2.48 bits per heavy atom. The van der Waals surface area contributed by atoms with Crippen molar-refractivity contribution in [2.75, 3.05) is 19.5 Å². The molecule has 0 saturated carbocycles. The summed E-state index contributed by atoms with van der Waals surface area (Å²) in [7, 11) is 2.96. The molecule has 0 bridgehead atoms. The number of hydrogen-bond acceptors (Lipinski definition) is 6. The zero-order valence-electron chi connectivity index (χ0n) is 13.4. The van der Waals surface area contributed by atoms with Crippen LogP contribution in [0.15, 0.2) is 42.5 Å². The van der Waals surface area contributed by atoms with E-state index in [0.717, 1.165) is 0 Å². The highest BCUT2D eigenvalue weighted by Crippen LogP contribution is 2.27. The van der Waals surface area contributed by atoms with E-state index in [4.69, 9.17) is 21.7 Å². The molecule has 0 heterocycles. The molecule has 0 fully saturated rings. The van der Waals surface area contributed by atoms with Gasteiger partial charge in [0.2, 0.25) is 0 Å². The largest absolute Gasteiger partial charge is 0.493 e. The number of methoxy groups -OCH3 is 2. The first-order valence-corrected chi connectivity index (χ1v) is 7.44. The maximum atomic E-state index is 12.2. The van der Waals surface area contributed by atoms with Crippen molar-refractivity contribution < 1.29 is 19.2 Å². The molecule has 2 N–H and O–H groups in total. The maximum absolute atomic E-state index is 12.2. The topological polar surface area (TPSA) is 103 Å². The number of nitro benzene ring substituents is 1. The minimum atomic E-state index is -0.517. The zero-order chi connectivity index (χ0) is 18.4. The highest BCUT2D eigenvalue weighted by atomic mass is 32.1. The summed E-state index contributed by atoms with van der Waals surface area (Å²) >= 11 is 5.06. The fourth-order valence-corrected chi connectivity index (χ4v) is 2.22. The fraction of sp³-hybridized carbons (Fsp3) is 0.125. The standard InChI is InChI=1S/C16H15N3O5S/c1-23-13-7-6-10(8-14(13)24-2)15(20)18-16(25)17-11-4-3-5-12(9-11)19(21)22/h3-9H,1-2H3,(H2,17,18,20,25). The second-order valence-corrected chi connectivity index (χ2v) is 5.19. The SMILES string of the molecule is COc1ccc(C(=O)NC(=S)Nc2cccc([N+](=O)[O-])c2)cc1OC. The predicted octanol–water partition coefficient (Wildman–Crippen LogP) is 2.74. The lowest BCUT2D eigenvalue weighted by Gasteiger charge is -2.11. The van der Waals surface area contributed by atoms with Gasteiger partial charge in [-0.25, -0.2) is 0 Å². The summed E-state index contributed by atoms with van der Waals surface area (Å²) in [6.07, 6.45) is 0. The molecule has 0 unspecified atom stereocenters. The van der Waals surface area contributed by atoms with Crippen LogP contribution >= 0.6 is 12.2 Å². The van der Waals surface area contributed by atoms with Crippen LogP contribution < -0.4 is 20.1 Å². The molecule has 0 radical (unpaired) electrons. The van der Waals surface area contributed by atoms with Crippen LogP contribution in [0.25, 0.3) is 0 Å². The third-order valence-corrected chi connectivity index (χ3v) is 3.39. The second kappa shape index (κ2) is 8.06. The summed E-state index contributed by atoms with van der Waals surface area (Å²) < 4.78 is 10.3. The van der Waals surface area contributed by atoms with Crippen LogP contribution in [0.4, 0.5) is 11.4 Å². The number of hydrogen-bond donors (Lipinski definition) is 2. The first-order chi connectivity index (χ1) is 11.9. The third-order valence-electron chi connectivity index (χ3n) is 3.19. The molecule has 8 nitrogen and oxygen atoms in total. The first kappa shape index (κ1) is 18.1. The lowest BCUT2D eigenvalue weighted by molar-refractivity contribution is -0.384. The van der Waals surface area contributed by atoms with E-state index in [-0.39, 0.29) is 10.8 Å². The van der Waals surface area contributed by atoms with Crippen molar-refractivity contribution in [3.05, 3.63) is 58.1 Å². The summed E-state index contributed by atoms with van der Waals surface area (Å²) in [6, 6.07) is 10.5. The highest BCUT2D eigenvalue weighted by Gasteiger charge is 2.13. The van der Waals surface area contributed by atoms with Gasteiger partial charge in [0.1, 0.15) is 0 Å². The van der Waals surface area contributed by atoms with Crippen molar-refractivity contribution in [2.24, 2.45) is 0 Å². The van der Waals surface area contributed by atoms with Crippen molar-refractivity contribution in [1.82, 2.24) is 5.32 Å². The van der Waals surface area contributed by atoms with Crippen LogP contribution in [0, 0.1) is 10.1 Å². The van der Waals surface area contributed by atoms with Gasteiger partial charge < -0.3 is 14.8 Å². The normalized spacial score (nSPS) is 9.84. The molecule has 1 amide bonds. The molecule has 0 saturated heterocycles. The summed E-state index contributed by atoms with van der Waals surface area (Å²) in [5.41, 5.74) is 0.631. The molecule has 2 aromatic carbocycles. The number of nitrogens with one attached hydrogen (secondary N) is 2. The Kier molecular flexibility index (Phi) is 5.85. The molecule has 0 aliphatic heterocycles. The molecule has 9 heteroatoms. The minimum Gasteiger partial charge on any atom is -0.493 e. The molecular weight excluding hydrogens is 346 g/mol. The fourth-order valence-electron chi connectivity index (χ4n) is 2.01. The van der Waals surface area contributed by atoms with Crippen LogP contribution in [-0.4, -0.2) is 30.2 Å². The summed E-state index contributed by atoms with van der Waals surface area (Å²) in [6.45, 7) is 0. The van der Waals surface area contributed by atoms with E-state index in [2.05, 4.69) is 10.6 Å². The summed E-state index contributed by atoms with van der Waals surface area (Å²) in [4.78, 5) is 22.5. The smallest absolute Gasteiger partial charge is 0.271 e. The van der Waals surface area contributed by atoms with Gasteiger partial charge in [0, 0.05) is 23.4 Å². The van der Waals surface area contributed by atoms with Gasteiger partial charge in [-0.2, -0.15) is 0 Å². The molecule has 0 aliphatic rings. The number of non-ortho nitro benzene ring substituents is 1. The number of rotatable bonds is 5. The number of thiocarbonyl (C=S) groups is 1. The molecular formula is C16H15N3O5S. The Morgan fingerprint density at radius 1 is 1.12 bits per heavy atom. The number of benzene rings is 2. The Labute approximate surface area is 148 Å². The van der Waals surface area contributed by atoms with Gasteiger partial charge in [-0.1, -0.05) is 6.07 Å². The van der Waals surface area contributed by atoms with E-state index in [0.29, 0.717) is 22.7 Å². The molecule has 130 valence electrons. The van der Waals surface area contributed by atoms with E-state index < -0.39 is 10.8 Å². The quantitative estimate of drug-likeness (QED) is 0.479. The number of amides is 1. The minimum absolute atomic E-state index is 0.0142. The summed E-state index contributed by atoms with van der Waals surface area (Å²) in [5, 5.41) is 16.0. The molecule has 0 aliphatic carbocycles. The predicted molar refractivity (Wildman–Crippen MR) is 96.3 cm³/mol. The third kappa shape index (κ3) is 4.64. The number of carbonyl (C=O) groups is 1. The average Bonchev–Trinajstić information content (AvgIpc) is 2.61. The van der Waals surface area contributed by atoms with Gasteiger partial charge in [-0.05, 0) is 36.5 Å². The van der Waals surface area contributed by atoms with E-state index in [1.54, 1.807) is 18.2 Å². The van der Waals surface area contributed by atoms with Crippen LogP contribution in [0.3, 0.4) is 0 Å². The van der Waals surface area contributed by atoms with Gasteiger partial charge in [0.15, 0.2) is 16.6 Å². The monoisotopic (exact) mass is 361 g/mol. The van der Waals surface area contributed by atoms with E-state index in [1.807, 2.05) is 0 Å². The second-order valence-electron chi connectivity index (χ2n) is 4.79. The molecule has 0 spiro atoms. The molecule has 0 atom stereocenters. The molecule has 2 aromatic rings. The Hall–Kier alpha value is -3.20. The van der Waals surface area contributed by atoms with Crippen LogP contribution in [0.5, 0.6) is 11.5 Å². The van der Waals surface area contributed by atoms with Gasteiger partial charge in [-0.15, -0.1) is 0 Å². The number of nitrogens with zero attached hydrogens (tertiary/aromatic N) is 1. The van der Waals surface area contributed by atoms with Crippen LogP contribution in [-0.2, 0) is 0 Å². The molecule has 25 heavy (non-hydrogen) atoms. The van der Waals surface area contributed by atoms with Gasteiger partial charge in [0.25, 0.3) is 11.6 Å². The van der Waals surface area contributed by atoms with Gasteiger partial charge in [-0.3, -0.25) is 20.2 Å².